The van der Waals surface area contributed by atoms with Crippen LogP contribution in [0.2, 0.25) is 0 Å². The topological polar surface area (TPSA) is 41.6 Å². The zero-order valence-corrected chi connectivity index (χ0v) is 11.2. The summed E-state index contributed by atoms with van der Waals surface area (Å²) in [4.78, 5) is 14.4. The summed E-state index contributed by atoms with van der Waals surface area (Å²) in [6, 6.07) is 0. The molecule has 2 unspecified atom stereocenters. The molecule has 2 rings (SSSR count). The third kappa shape index (κ3) is 2.33. The number of carbonyl (C=O) groups excluding carboxylic acids is 1. The summed E-state index contributed by atoms with van der Waals surface area (Å²) in [5.74, 6) is 0.286. The standard InChI is InChI=1S/C13H24N2O2/c1-4-17-10(2)9-15-11(3)14-13(12(15)16)7-5-6-8-13/h10-11,14H,4-9H2,1-3H3. The molecule has 1 aliphatic carbocycles. The zero-order valence-electron chi connectivity index (χ0n) is 11.2. The molecule has 0 bridgehead atoms. The van der Waals surface area contributed by atoms with Gasteiger partial charge in [-0.15, -0.1) is 0 Å². The molecule has 1 saturated heterocycles. The Morgan fingerprint density at radius 2 is 2.18 bits per heavy atom. The predicted molar refractivity (Wildman–Crippen MR) is 66.6 cm³/mol. The predicted octanol–water partition coefficient (Wildman–Crippen LogP) is 1.50. The lowest BCUT2D eigenvalue weighted by Gasteiger charge is -2.25. The second kappa shape index (κ2) is 4.94. The number of nitrogens with one attached hydrogen (secondary N) is 1. The van der Waals surface area contributed by atoms with Gasteiger partial charge in [0.25, 0.3) is 0 Å². The van der Waals surface area contributed by atoms with E-state index in [4.69, 9.17) is 4.74 Å². The van der Waals surface area contributed by atoms with Crippen LogP contribution in [0.4, 0.5) is 0 Å². The third-order valence-corrected chi connectivity index (χ3v) is 3.99. The summed E-state index contributed by atoms with van der Waals surface area (Å²) in [5.41, 5.74) is -0.245. The summed E-state index contributed by atoms with van der Waals surface area (Å²) >= 11 is 0. The molecule has 0 aromatic heterocycles. The van der Waals surface area contributed by atoms with Crippen LogP contribution in [0.25, 0.3) is 0 Å². The number of rotatable bonds is 4. The fourth-order valence-corrected chi connectivity index (χ4v) is 3.18. The van der Waals surface area contributed by atoms with Crippen molar-refractivity contribution in [3.8, 4) is 0 Å². The lowest BCUT2D eigenvalue weighted by Crippen LogP contribution is -2.44. The van der Waals surface area contributed by atoms with Crippen molar-refractivity contribution in [1.29, 1.82) is 0 Å². The zero-order chi connectivity index (χ0) is 12.5. The van der Waals surface area contributed by atoms with Crippen LogP contribution in [-0.4, -0.2) is 41.8 Å². The first kappa shape index (κ1) is 12.8. The number of ether oxygens (including phenoxy) is 1. The molecule has 1 N–H and O–H groups in total. The fraction of sp³-hybridized carbons (Fsp3) is 0.923. The van der Waals surface area contributed by atoms with Gasteiger partial charge in [0.1, 0.15) is 0 Å². The van der Waals surface area contributed by atoms with Gasteiger partial charge < -0.3 is 9.64 Å². The number of hydrogen-bond acceptors (Lipinski definition) is 3. The number of amides is 1. The molecule has 0 aromatic rings. The van der Waals surface area contributed by atoms with Crippen LogP contribution < -0.4 is 5.32 Å². The maximum atomic E-state index is 12.5. The molecular weight excluding hydrogens is 216 g/mol. The molecule has 4 nitrogen and oxygen atoms in total. The lowest BCUT2D eigenvalue weighted by atomic mass is 9.98. The number of carbonyl (C=O) groups is 1. The third-order valence-electron chi connectivity index (χ3n) is 3.99. The molecular formula is C13H24N2O2. The Balaban J connectivity index is 2.01. The molecule has 1 saturated carbocycles. The van der Waals surface area contributed by atoms with E-state index < -0.39 is 0 Å². The Bertz CT molecular complexity index is 287. The van der Waals surface area contributed by atoms with E-state index in [1.807, 2.05) is 18.7 Å². The molecule has 2 aliphatic rings. The van der Waals surface area contributed by atoms with Crippen LogP contribution in [0.1, 0.15) is 46.5 Å². The first-order valence-electron chi connectivity index (χ1n) is 6.79. The number of hydrogen-bond donors (Lipinski definition) is 1. The van der Waals surface area contributed by atoms with Crippen LogP contribution >= 0.6 is 0 Å². The first-order valence-corrected chi connectivity index (χ1v) is 6.79. The Hall–Kier alpha value is -0.610. The van der Waals surface area contributed by atoms with Gasteiger partial charge in [-0.3, -0.25) is 10.1 Å². The fourth-order valence-electron chi connectivity index (χ4n) is 3.18. The molecule has 1 amide bonds. The summed E-state index contributed by atoms with van der Waals surface area (Å²) < 4.78 is 5.53. The Morgan fingerprint density at radius 1 is 1.53 bits per heavy atom. The Kier molecular flexibility index (Phi) is 3.73. The average Bonchev–Trinajstić information content (AvgIpc) is 2.82. The van der Waals surface area contributed by atoms with E-state index in [0.717, 1.165) is 12.8 Å². The van der Waals surface area contributed by atoms with E-state index in [1.165, 1.54) is 12.8 Å². The molecule has 98 valence electrons. The van der Waals surface area contributed by atoms with Gasteiger partial charge in [0, 0.05) is 13.2 Å². The Labute approximate surface area is 104 Å². The maximum absolute atomic E-state index is 12.5. The van der Waals surface area contributed by atoms with E-state index in [9.17, 15) is 4.79 Å². The number of nitrogens with zero attached hydrogens (tertiary/aromatic N) is 1. The molecule has 0 aromatic carbocycles. The van der Waals surface area contributed by atoms with Crippen molar-refractivity contribution >= 4 is 5.91 Å². The van der Waals surface area contributed by atoms with Gasteiger partial charge in [0.2, 0.25) is 5.91 Å². The molecule has 2 atom stereocenters. The summed E-state index contributed by atoms with van der Waals surface area (Å²) in [7, 11) is 0. The minimum Gasteiger partial charge on any atom is -0.377 e. The summed E-state index contributed by atoms with van der Waals surface area (Å²) in [6.07, 6.45) is 4.58. The molecule has 1 heterocycles. The van der Waals surface area contributed by atoms with Gasteiger partial charge in [0.15, 0.2) is 0 Å². The molecule has 17 heavy (non-hydrogen) atoms. The molecule has 4 heteroatoms. The lowest BCUT2D eigenvalue weighted by molar-refractivity contribution is -0.134. The highest BCUT2D eigenvalue weighted by Gasteiger charge is 2.50. The maximum Gasteiger partial charge on any atom is 0.244 e. The first-order chi connectivity index (χ1) is 8.09. The van der Waals surface area contributed by atoms with Crippen molar-refractivity contribution in [3.63, 3.8) is 0 Å². The second-order valence-electron chi connectivity index (χ2n) is 5.33. The molecule has 2 fully saturated rings. The smallest absolute Gasteiger partial charge is 0.244 e. The summed E-state index contributed by atoms with van der Waals surface area (Å²) in [5, 5.41) is 3.50. The van der Waals surface area contributed by atoms with Gasteiger partial charge in [0.05, 0.1) is 17.8 Å². The minimum absolute atomic E-state index is 0.116. The van der Waals surface area contributed by atoms with Crippen LogP contribution in [0.15, 0.2) is 0 Å². The SMILES string of the molecule is CCOC(C)CN1C(=O)C2(CCCC2)NC1C. The monoisotopic (exact) mass is 240 g/mol. The van der Waals surface area contributed by atoms with Gasteiger partial charge in [-0.05, 0) is 33.6 Å². The van der Waals surface area contributed by atoms with Crippen molar-refractivity contribution in [2.24, 2.45) is 0 Å². The molecule has 1 aliphatic heterocycles. The highest BCUT2D eigenvalue weighted by Crippen LogP contribution is 2.36. The van der Waals surface area contributed by atoms with Crippen molar-refractivity contribution in [3.05, 3.63) is 0 Å². The largest absolute Gasteiger partial charge is 0.377 e. The van der Waals surface area contributed by atoms with E-state index in [1.54, 1.807) is 0 Å². The van der Waals surface area contributed by atoms with Crippen LogP contribution in [0, 0.1) is 0 Å². The highest BCUT2D eigenvalue weighted by atomic mass is 16.5. The van der Waals surface area contributed by atoms with Crippen molar-refractivity contribution < 1.29 is 9.53 Å². The van der Waals surface area contributed by atoms with Crippen molar-refractivity contribution in [1.82, 2.24) is 10.2 Å². The quantitative estimate of drug-likeness (QED) is 0.809. The average molecular weight is 240 g/mol. The molecule has 0 radical (unpaired) electrons. The van der Waals surface area contributed by atoms with Crippen LogP contribution in [0.5, 0.6) is 0 Å². The summed E-state index contributed by atoms with van der Waals surface area (Å²) in [6.45, 7) is 7.49. The van der Waals surface area contributed by atoms with Crippen LogP contribution in [-0.2, 0) is 9.53 Å². The highest BCUT2D eigenvalue weighted by molar-refractivity contribution is 5.89. The van der Waals surface area contributed by atoms with Gasteiger partial charge in [-0.1, -0.05) is 12.8 Å². The van der Waals surface area contributed by atoms with E-state index in [2.05, 4.69) is 12.2 Å². The van der Waals surface area contributed by atoms with Gasteiger partial charge in [-0.2, -0.15) is 0 Å². The van der Waals surface area contributed by atoms with Crippen molar-refractivity contribution in [2.45, 2.75) is 64.3 Å². The Morgan fingerprint density at radius 3 is 2.76 bits per heavy atom. The normalized spacial score (nSPS) is 29.2. The van der Waals surface area contributed by atoms with E-state index >= 15 is 0 Å². The van der Waals surface area contributed by atoms with Gasteiger partial charge >= 0.3 is 0 Å². The van der Waals surface area contributed by atoms with Crippen molar-refractivity contribution in [2.75, 3.05) is 13.2 Å². The van der Waals surface area contributed by atoms with E-state index in [0.29, 0.717) is 13.2 Å². The van der Waals surface area contributed by atoms with Crippen LogP contribution in [0.3, 0.4) is 0 Å². The van der Waals surface area contributed by atoms with E-state index in [-0.39, 0.29) is 23.7 Å². The minimum atomic E-state index is -0.245. The second-order valence-corrected chi connectivity index (χ2v) is 5.33. The van der Waals surface area contributed by atoms with Gasteiger partial charge in [-0.25, -0.2) is 0 Å². The molecule has 1 spiro atoms.